The molecule has 2 aromatic rings. The second-order valence-electron chi connectivity index (χ2n) is 9.29. The molecule has 0 unspecified atom stereocenters. The molecule has 0 amide bonds. The van der Waals surface area contributed by atoms with Crippen molar-refractivity contribution in [2.24, 2.45) is 13.5 Å². The van der Waals surface area contributed by atoms with Crippen LogP contribution in [0.1, 0.15) is 11.1 Å². The molecule has 3 rings (SSSR count). The normalized spacial score (nSPS) is 18.4. The van der Waals surface area contributed by atoms with Crippen LogP contribution in [0.4, 0.5) is 11.4 Å². The maximum absolute atomic E-state index is 5.53. The molecule has 1 heterocycles. The number of benzene rings is 2. The van der Waals surface area contributed by atoms with Crippen LogP contribution in [0.2, 0.25) is 0 Å². The van der Waals surface area contributed by atoms with Crippen molar-refractivity contribution in [1.82, 2.24) is 18.7 Å². The molecule has 0 aromatic heterocycles. The van der Waals surface area contributed by atoms with E-state index < -0.39 is 22.5 Å². The van der Waals surface area contributed by atoms with E-state index in [9.17, 15) is 0 Å². The second kappa shape index (κ2) is 10.3. The molecular weight excluding hydrogens is 483 g/mol. The Morgan fingerprint density at radius 1 is 0.500 bits per heavy atom. The highest BCUT2D eigenvalue weighted by molar-refractivity contribution is 7.85. The highest BCUT2D eigenvalue weighted by Gasteiger charge is 2.42. The van der Waals surface area contributed by atoms with E-state index in [-0.39, 0.29) is 0 Å². The Bertz CT molecular complexity index is 1070. The van der Waals surface area contributed by atoms with Gasteiger partial charge in [0, 0.05) is 11.4 Å². The molecule has 0 atom stereocenters. The fourth-order valence-corrected chi connectivity index (χ4v) is 17.5. The van der Waals surface area contributed by atoms with E-state index in [2.05, 4.69) is 148 Å². The summed E-state index contributed by atoms with van der Waals surface area (Å²) in [4.78, 5) is 0. The quantitative estimate of drug-likeness (QED) is 0.366. The molecule has 0 fully saturated rings. The zero-order chi connectivity index (χ0) is 25.3. The van der Waals surface area contributed by atoms with E-state index in [1.54, 1.807) is 0 Å². The summed E-state index contributed by atoms with van der Waals surface area (Å²) in [5, 5.41) is 7.54. The van der Waals surface area contributed by atoms with Gasteiger partial charge in [-0.1, -0.05) is 35.4 Å². The smallest absolute Gasteiger partial charge is 0.267 e. The Morgan fingerprint density at radius 3 is 1.15 bits per heavy atom. The van der Waals surface area contributed by atoms with E-state index in [0.717, 1.165) is 11.4 Å². The largest absolute Gasteiger partial charge is 0.319 e. The highest BCUT2D eigenvalue weighted by Crippen LogP contribution is 2.79. The third-order valence-electron chi connectivity index (χ3n) is 5.56. The lowest BCUT2D eigenvalue weighted by Crippen LogP contribution is -2.26. The van der Waals surface area contributed by atoms with E-state index >= 15 is 0 Å². The molecule has 34 heavy (non-hydrogen) atoms. The lowest BCUT2D eigenvalue weighted by molar-refractivity contribution is 0.545. The third kappa shape index (κ3) is 5.37. The molecule has 0 saturated heterocycles. The lowest BCUT2D eigenvalue weighted by atomic mass is 10.2. The van der Waals surface area contributed by atoms with Crippen LogP contribution in [0.3, 0.4) is 0 Å². The standard InChI is InChI=1S/C22H40N9P3/c1-19-11-15-21(16-12-19)23-32(24-22-17-13-20(2)14-18-22)25-33(28(3)4,29(5)6)27-34(26-32,30(7)8)31(9)10/h11-18,23-24H,1-10H3. The summed E-state index contributed by atoms with van der Waals surface area (Å²) in [7, 11) is 8.88. The van der Waals surface area contributed by atoms with Crippen LogP contribution in [0, 0.1) is 13.8 Å². The second-order valence-corrected chi connectivity index (χ2v) is 18.4. The number of aryl methyl sites for hydroxylation is 2. The van der Waals surface area contributed by atoms with Crippen LogP contribution in [0.15, 0.2) is 62.1 Å². The summed E-state index contributed by atoms with van der Waals surface area (Å²) >= 11 is 0. The van der Waals surface area contributed by atoms with E-state index in [4.69, 9.17) is 13.5 Å². The van der Waals surface area contributed by atoms with Crippen molar-refractivity contribution in [2.45, 2.75) is 13.8 Å². The van der Waals surface area contributed by atoms with Crippen molar-refractivity contribution in [3.63, 3.8) is 0 Å². The summed E-state index contributed by atoms with van der Waals surface area (Å²) in [6, 6.07) is 16.8. The van der Waals surface area contributed by atoms with Gasteiger partial charge in [0.15, 0.2) is 0 Å². The average Bonchev–Trinajstić information content (AvgIpc) is 2.76. The molecule has 9 nitrogen and oxygen atoms in total. The minimum Gasteiger partial charge on any atom is -0.319 e. The van der Waals surface area contributed by atoms with Gasteiger partial charge in [0.1, 0.15) is 0 Å². The fraction of sp³-hybridized carbons (Fsp3) is 0.455. The Morgan fingerprint density at radius 2 is 0.824 bits per heavy atom. The minimum atomic E-state index is -2.73. The molecule has 0 radical (unpaired) electrons. The molecule has 0 aliphatic carbocycles. The lowest BCUT2D eigenvalue weighted by Gasteiger charge is -2.45. The number of hydrogen-bond acceptors (Lipinski definition) is 9. The molecule has 12 heteroatoms. The topological polar surface area (TPSA) is 74.1 Å². The first-order valence-corrected chi connectivity index (χ1v) is 16.1. The molecule has 2 aromatic carbocycles. The molecule has 2 N–H and O–H groups in total. The third-order valence-corrected chi connectivity index (χ3v) is 16.9. The van der Waals surface area contributed by atoms with Gasteiger partial charge in [0.05, 0.1) is 0 Å². The van der Waals surface area contributed by atoms with E-state index in [1.807, 2.05) is 0 Å². The van der Waals surface area contributed by atoms with Gasteiger partial charge in [-0.3, -0.25) is 0 Å². The number of nitrogens with zero attached hydrogens (tertiary/aromatic N) is 7. The summed E-state index contributed by atoms with van der Waals surface area (Å²) in [5.41, 5.74) is 4.39. The van der Waals surface area contributed by atoms with Gasteiger partial charge in [0.25, 0.3) is 7.51 Å². The molecule has 0 bridgehead atoms. The number of rotatable bonds is 8. The first-order valence-electron chi connectivity index (χ1n) is 11.2. The SMILES string of the molecule is Cc1ccc(NP2(Nc3ccc(C)cc3)=NP(N(C)C)(N(C)C)=NP(N(C)C)(N(C)C)=N2)cc1. The van der Waals surface area contributed by atoms with Crippen molar-refractivity contribution >= 4 is 33.9 Å². The summed E-state index contributed by atoms with van der Waals surface area (Å²) < 4.78 is 25.2. The molecule has 1 aliphatic heterocycles. The van der Waals surface area contributed by atoms with Crippen LogP contribution < -0.4 is 10.2 Å². The van der Waals surface area contributed by atoms with Gasteiger partial charge < -0.3 is 10.2 Å². The zero-order valence-electron chi connectivity index (χ0n) is 22.1. The van der Waals surface area contributed by atoms with Gasteiger partial charge in [-0.05, 0) is 94.5 Å². The van der Waals surface area contributed by atoms with E-state index in [1.165, 1.54) is 11.1 Å². The minimum absolute atomic E-state index is 0.985. The molecule has 1 aliphatic rings. The van der Waals surface area contributed by atoms with Crippen LogP contribution in [0.25, 0.3) is 0 Å². The Labute approximate surface area is 206 Å². The predicted molar refractivity (Wildman–Crippen MR) is 152 cm³/mol. The number of nitrogens with one attached hydrogen (secondary N) is 2. The van der Waals surface area contributed by atoms with E-state index in [0.29, 0.717) is 0 Å². The van der Waals surface area contributed by atoms with Gasteiger partial charge in [0.2, 0.25) is 15.0 Å². The summed E-state index contributed by atoms with van der Waals surface area (Å²) in [5.74, 6) is 0. The maximum atomic E-state index is 5.53. The molecule has 0 spiro atoms. The van der Waals surface area contributed by atoms with Crippen molar-refractivity contribution in [3.8, 4) is 0 Å². The van der Waals surface area contributed by atoms with Crippen molar-refractivity contribution in [2.75, 3.05) is 66.6 Å². The monoisotopic (exact) mass is 523 g/mol. The highest BCUT2D eigenvalue weighted by atomic mass is 31.3. The van der Waals surface area contributed by atoms with Gasteiger partial charge in [-0.15, -0.1) is 0 Å². The molecule has 188 valence electrons. The van der Waals surface area contributed by atoms with Crippen LogP contribution >= 0.6 is 22.5 Å². The van der Waals surface area contributed by atoms with Crippen molar-refractivity contribution in [1.29, 1.82) is 0 Å². The van der Waals surface area contributed by atoms with Crippen LogP contribution in [-0.4, -0.2) is 75.1 Å². The Kier molecular flexibility index (Phi) is 8.21. The average molecular weight is 524 g/mol. The maximum Gasteiger partial charge on any atom is 0.267 e. The first-order chi connectivity index (χ1) is 15.8. The number of hydrogen-bond donors (Lipinski definition) is 2. The molecular formula is C22H40N9P3. The van der Waals surface area contributed by atoms with Gasteiger partial charge in [-0.2, -0.15) is 13.5 Å². The predicted octanol–water partition coefficient (Wildman–Crippen LogP) is 6.93. The Balaban J connectivity index is 2.41. The molecule has 0 saturated carbocycles. The summed E-state index contributed by atoms with van der Waals surface area (Å²) in [6.45, 7) is 4.19. The zero-order valence-corrected chi connectivity index (χ0v) is 24.8. The number of anilines is 2. The summed E-state index contributed by atoms with van der Waals surface area (Å²) in [6.07, 6.45) is 0. The van der Waals surface area contributed by atoms with Gasteiger partial charge in [-0.25, -0.2) is 18.7 Å². The fourth-order valence-electron chi connectivity index (χ4n) is 3.65. The van der Waals surface area contributed by atoms with Crippen molar-refractivity contribution in [3.05, 3.63) is 59.7 Å². The first kappa shape index (κ1) is 27.2. The van der Waals surface area contributed by atoms with Crippen LogP contribution in [-0.2, 0) is 0 Å². The Hall–Kier alpha value is -1.43. The van der Waals surface area contributed by atoms with Gasteiger partial charge >= 0.3 is 0 Å². The van der Waals surface area contributed by atoms with Crippen LogP contribution in [0.5, 0.6) is 0 Å². The van der Waals surface area contributed by atoms with Crippen molar-refractivity contribution < 1.29 is 0 Å².